The molecule has 9 nitrogen and oxygen atoms in total. The van der Waals surface area contributed by atoms with Crippen molar-refractivity contribution in [2.24, 2.45) is 4.99 Å². The maximum atomic E-state index is 4.84. The Morgan fingerprint density at radius 3 is 2.96 bits per heavy atom. The number of rotatable bonds is 6. The van der Waals surface area contributed by atoms with E-state index in [-0.39, 0.29) is 0 Å². The number of aromatic nitrogens is 6. The van der Waals surface area contributed by atoms with Crippen LogP contribution in [0.5, 0.6) is 0 Å². The fourth-order valence-corrected chi connectivity index (χ4v) is 3.69. The molecule has 148 valence electrons. The average Bonchev–Trinajstić information content (AvgIpc) is 3.41. The van der Waals surface area contributed by atoms with Crippen LogP contribution in [0.4, 0.5) is 0 Å². The minimum absolute atomic E-state index is 0.461. The summed E-state index contributed by atoms with van der Waals surface area (Å²) in [5.41, 5.74) is 0.893. The second kappa shape index (κ2) is 8.81. The van der Waals surface area contributed by atoms with Gasteiger partial charge in [-0.15, -0.1) is 10.2 Å². The van der Waals surface area contributed by atoms with Crippen LogP contribution in [0, 0.1) is 0 Å². The van der Waals surface area contributed by atoms with Gasteiger partial charge in [-0.2, -0.15) is 5.10 Å². The van der Waals surface area contributed by atoms with Crippen molar-refractivity contribution >= 4 is 11.6 Å². The van der Waals surface area contributed by atoms with E-state index in [2.05, 4.69) is 42.5 Å². The third-order valence-corrected chi connectivity index (χ3v) is 5.15. The minimum Gasteiger partial charge on any atom is -0.357 e. The Balaban J connectivity index is 1.31. The van der Waals surface area contributed by atoms with Crippen molar-refractivity contribution < 1.29 is 0 Å². The van der Waals surface area contributed by atoms with Crippen LogP contribution < -0.4 is 5.32 Å². The largest absolute Gasteiger partial charge is 0.357 e. The number of nitrogens with one attached hydrogen (secondary N) is 2. The molecule has 4 heterocycles. The van der Waals surface area contributed by atoms with Gasteiger partial charge >= 0.3 is 0 Å². The fourth-order valence-electron chi connectivity index (χ4n) is 3.69. The zero-order valence-electron chi connectivity index (χ0n) is 16.3. The molecule has 0 bridgehead atoms. The summed E-state index contributed by atoms with van der Waals surface area (Å²) in [4.78, 5) is 11.5. The summed E-state index contributed by atoms with van der Waals surface area (Å²) in [5.74, 6) is 3.46. The SMILES string of the molecule is CCNC(=NCCCc1nnc2ccccn12)N1CCC(c2ncn[nH]2)CC1. The highest BCUT2D eigenvalue weighted by atomic mass is 15.3. The summed E-state index contributed by atoms with van der Waals surface area (Å²) < 4.78 is 2.04. The van der Waals surface area contributed by atoms with Crippen molar-refractivity contribution in [2.45, 2.75) is 38.5 Å². The van der Waals surface area contributed by atoms with Crippen LogP contribution >= 0.6 is 0 Å². The molecule has 1 fully saturated rings. The van der Waals surface area contributed by atoms with E-state index in [4.69, 9.17) is 4.99 Å². The lowest BCUT2D eigenvalue weighted by molar-refractivity contribution is 0.299. The van der Waals surface area contributed by atoms with Crippen molar-refractivity contribution in [3.05, 3.63) is 42.4 Å². The van der Waals surface area contributed by atoms with E-state index in [0.717, 1.165) is 75.1 Å². The second-order valence-corrected chi connectivity index (χ2v) is 7.02. The molecule has 4 rings (SSSR count). The highest BCUT2D eigenvalue weighted by Crippen LogP contribution is 2.24. The molecule has 0 spiro atoms. The van der Waals surface area contributed by atoms with Crippen molar-refractivity contribution in [3.63, 3.8) is 0 Å². The molecule has 3 aromatic rings. The topological polar surface area (TPSA) is 99.4 Å². The van der Waals surface area contributed by atoms with Gasteiger partial charge in [0.1, 0.15) is 18.0 Å². The van der Waals surface area contributed by atoms with Gasteiger partial charge in [0.2, 0.25) is 0 Å². The molecule has 1 saturated heterocycles. The third-order valence-electron chi connectivity index (χ3n) is 5.15. The van der Waals surface area contributed by atoms with Crippen molar-refractivity contribution in [2.75, 3.05) is 26.2 Å². The van der Waals surface area contributed by atoms with Gasteiger partial charge in [0.25, 0.3) is 0 Å². The summed E-state index contributed by atoms with van der Waals surface area (Å²) in [7, 11) is 0. The molecular weight excluding hydrogens is 354 g/mol. The van der Waals surface area contributed by atoms with Gasteiger partial charge in [-0.05, 0) is 38.3 Å². The summed E-state index contributed by atoms with van der Waals surface area (Å²) in [6, 6.07) is 5.95. The smallest absolute Gasteiger partial charge is 0.193 e. The standard InChI is InChI=1S/C19H27N9/c1-2-20-19(27-12-8-15(9-13-27)18-22-14-23-26-18)21-10-5-7-17-25-24-16-6-3-4-11-28(16)17/h3-4,6,11,14-15H,2,5,7-10,12-13H2,1H3,(H,20,21)(H,22,23,26). The number of aliphatic imine (C=N–C) groups is 1. The van der Waals surface area contributed by atoms with Crippen LogP contribution in [0.25, 0.3) is 5.65 Å². The summed E-state index contributed by atoms with van der Waals surface area (Å²) in [6.45, 7) is 5.71. The van der Waals surface area contributed by atoms with Gasteiger partial charge in [-0.25, -0.2) is 4.98 Å². The normalized spacial score (nSPS) is 16.0. The maximum absolute atomic E-state index is 4.84. The molecular formula is C19H27N9. The average molecular weight is 381 g/mol. The van der Waals surface area contributed by atoms with E-state index >= 15 is 0 Å². The van der Waals surface area contributed by atoms with Crippen LogP contribution in [0.2, 0.25) is 0 Å². The lowest BCUT2D eigenvalue weighted by Crippen LogP contribution is -2.45. The van der Waals surface area contributed by atoms with Gasteiger partial charge in [0.15, 0.2) is 11.6 Å². The quantitative estimate of drug-likeness (QED) is 0.382. The highest BCUT2D eigenvalue weighted by Gasteiger charge is 2.24. The third kappa shape index (κ3) is 4.13. The van der Waals surface area contributed by atoms with E-state index in [1.54, 1.807) is 6.33 Å². The minimum atomic E-state index is 0.461. The summed E-state index contributed by atoms with van der Waals surface area (Å²) >= 11 is 0. The number of H-pyrrole nitrogens is 1. The number of aryl methyl sites for hydroxylation is 1. The molecule has 28 heavy (non-hydrogen) atoms. The number of hydrogen-bond donors (Lipinski definition) is 2. The Morgan fingerprint density at radius 2 is 2.18 bits per heavy atom. The van der Waals surface area contributed by atoms with Crippen molar-refractivity contribution in [1.82, 2.24) is 40.0 Å². The molecule has 0 radical (unpaired) electrons. The van der Waals surface area contributed by atoms with Gasteiger partial charge < -0.3 is 10.2 Å². The van der Waals surface area contributed by atoms with E-state index in [1.807, 2.05) is 28.8 Å². The molecule has 2 N–H and O–H groups in total. The number of pyridine rings is 1. The molecule has 9 heteroatoms. The Hall–Kier alpha value is -2.97. The lowest BCUT2D eigenvalue weighted by atomic mass is 9.96. The molecule has 1 aliphatic rings. The Morgan fingerprint density at radius 1 is 1.29 bits per heavy atom. The first-order valence-corrected chi connectivity index (χ1v) is 10.0. The molecule has 0 aliphatic carbocycles. The summed E-state index contributed by atoms with van der Waals surface area (Å²) in [6.07, 6.45) is 7.53. The fraction of sp³-hybridized carbons (Fsp3) is 0.526. The van der Waals surface area contributed by atoms with Crippen molar-refractivity contribution in [1.29, 1.82) is 0 Å². The molecule has 0 amide bonds. The molecule has 0 unspecified atom stereocenters. The molecule has 0 atom stereocenters. The monoisotopic (exact) mass is 381 g/mol. The van der Waals surface area contributed by atoms with Gasteiger partial charge in [0, 0.05) is 44.7 Å². The first-order chi connectivity index (χ1) is 13.8. The van der Waals surface area contributed by atoms with E-state index in [1.165, 1.54) is 0 Å². The van der Waals surface area contributed by atoms with Crippen molar-refractivity contribution in [3.8, 4) is 0 Å². The number of piperidine rings is 1. The van der Waals surface area contributed by atoms with Crippen LogP contribution in [0.1, 0.15) is 43.8 Å². The predicted octanol–water partition coefficient (Wildman–Crippen LogP) is 1.63. The zero-order chi connectivity index (χ0) is 19.2. The number of aromatic amines is 1. The number of likely N-dealkylation sites (tertiary alicyclic amines) is 1. The van der Waals surface area contributed by atoms with Gasteiger partial charge in [0.05, 0.1) is 0 Å². The van der Waals surface area contributed by atoms with Crippen LogP contribution in [-0.2, 0) is 6.42 Å². The predicted molar refractivity (Wildman–Crippen MR) is 107 cm³/mol. The Kier molecular flexibility index (Phi) is 5.79. The molecule has 0 saturated carbocycles. The second-order valence-electron chi connectivity index (χ2n) is 7.02. The van der Waals surface area contributed by atoms with E-state index in [0.29, 0.717) is 5.92 Å². The van der Waals surface area contributed by atoms with Crippen LogP contribution in [0.15, 0.2) is 35.7 Å². The molecule has 3 aromatic heterocycles. The van der Waals surface area contributed by atoms with Crippen LogP contribution in [0.3, 0.4) is 0 Å². The first kappa shape index (κ1) is 18.4. The van der Waals surface area contributed by atoms with E-state index in [9.17, 15) is 0 Å². The number of hydrogen-bond acceptors (Lipinski definition) is 5. The van der Waals surface area contributed by atoms with Gasteiger partial charge in [-0.1, -0.05) is 6.07 Å². The molecule has 1 aliphatic heterocycles. The van der Waals surface area contributed by atoms with E-state index < -0.39 is 0 Å². The van der Waals surface area contributed by atoms with Crippen LogP contribution in [-0.4, -0.2) is 66.8 Å². The zero-order valence-corrected chi connectivity index (χ0v) is 16.3. The Bertz CT molecular complexity index is 891. The Labute approximate surface area is 164 Å². The highest BCUT2D eigenvalue weighted by molar-refractivity contribution is 5.80. The maximum Gasteiger partial charge on any atom is 0.193 e. The van der Waals surface area contributed by atoms with Gasteiger partial charge in [-0.3, -0.25) is 14.5 Å². The first-order valence-electron chi connectivity index (χ1n) is 10.0. The number of nitrogens with zero attached hydrogens (tertiary/aromatic N) is 7. The molecule has 0 aromatic carbocycles. The lowest BCUT2D eigenvalue weighted by Gasteiger charge is -2.33. The number of guanidine groups is 1. The number of fused-ring (bicyclic) bond motifs is 1. The summed E-state index contributed by atoms with van der Waals surface area (Å²) in [5, 5.41) is 18.9.